The van der Waals surface area contributed by atoms with Crippen LogP contribution in [-0.4, -0.2) is 29.9 Å². The van der Waals surface area contributed by atoms with Gasteiger partial charge in [-0.3, -0.25) is 5.10 Å². The number of H-pyrrole nitrogens is 2. The minimum Gasteiger partial charge on any atom is -0.352 e. The maximum Gasteiger partial charge on any atom is 0.175 e. The van der Waals surface area contributed by atoms with Crippen molar-refractivity contribution in [3.05, 3.63) is 29.5 Å². The molecule has 3 heterocycles. The quantitative estimate of drug-likeness (QED) is 0.723. The lowest BCUT2D eigenvalue weighted by atomic mass is 10.1. The highest BCUT2D eigenvalue weighted by Gasteiger charge is 2.25. The molecule has 108 valence electrons. The molecule has 1 aliphatic rings. The molecule has 0 atom stereocenters. The summed E-state index contributed by atoms with van der Waals surface area (Å²) in [5.74, 6) is 0.848. The van der Waals surface area contributed by atoms with Crippen LogP contribution in [0.1, 0.15) is 11.3 Å². The maximum absolute atomic E-state index is 11.7. The molecule has 4 rings (SSSR count). The summed E-state index contributed by atoms with van der Waals surface area (Å²) in [5, 5.41) is 8.35. The van der Waals surface area contributed by atoms with Crippen LogP contribution >= 0.6 is 11.8 Å². The number of rotatable bonds is 1. The number of thioether (sulfide) groups is 1. The summed E-state index contributed by atoms with van der Waals surface area (Å²) in [4.78, 5) is 4.79. The molecule has 0 radical (unpaired) electrons. The van der Waals surface area contributed by atoms with E-state index < -0.39 is 9.84 Å². The number of aromatic nitrogens is 3. The number of aromatic amines is 2. The number of sulfone groups is 1. The molecule has 2 N–H and O–H groups in total. The largest absolute Gasteiger partial charge is 0.352 e. The lowest BCUT2D eigenvalue weighted by Gasteiger charge is -2.11. The summed E-state index contributed by atoms with van der Waals surface area (Å²) < 4.78 is 23.5. The monoisotopic (exact) mass is 319 g/mol. The van der Waals surface area contributed by atoms with Gasteiger partial charge in [0.2, 0.25) is 0 Å². The van der Waals surface area contributed by atoms with Crippen LogP contribution in [0.3, 0.4) is 0 Å². The van der Waals surface area contributed by atoms with Gasteiger partial charge in [0.25, 0.3) is 0 Å². The number of aryl methyl sites for hydroxylation is 1. The van der Waals surface area contributed by atoms with E-state index in [4.69, 9.17) is 0 Å². The first kappa shape index (κ1) is 13.0. The van der Waals surface area contributed by atoms with Crippen molar-refractivity contribution in [2.24, 2.45) is 0 Å². The summed E-state index contributed by atoms with van der Waals surface area (Å²) in [6, 6.07) is 5.21. The van der Waals surface area contributed by atoms with Crippen LogP contribution < -0.4 is 0 Å². The number of nitrogens with one attached hydrogen (secondary N) is 2. The van der Waals surface area contributed by atoms with Gasteiger partial charge in [-0.25, -0.2) is 8.42 Å². The van der Waals surface area contributed by atoms with Crippen LogP contribution in [0.4, 0.5) is 0 Å². The molecule has 0 bridgehead atoms. The third kappa shape index (κ3) is 1.84. The molecule has 1 aromatic carbocycles. The van der Waals surface area contributed by atoms with E-state index in [2.05, 4.69) is 15.2 Å². The highest BCUT2D eigenvalue weighted by molar-refractivity contribution is 7.99. The van der Waals surface area contributed by atoms with E-state index in [0.29, 0.717) is 4.90 Å². The second-order valence-electron chi connectivity index (χ2n) is 5.27. The Balaban J connectivity index is 2.02. The fourth-order valence-corrected chi connectivity index (χ4v) is 4.58. The van der Waals surface area contributed by atoms with Gasteiger partial charge in [0.15, 0.2) is 9.84 Å². The van der Waals surface area contributed by atoms with Crippen LogP contribution in [0.5, 0.6) is 0 Å². The van der Waals surface area contributed by atoms with E-state index in [-0.39, 0.29) is 0 Å². The minimum atomic E-state index is -3.20. The van der Waals surface area contributed by atoms with Crippen molar-refractivity contribution < 1.29 is 8.42 Å². The van der Waals surface area contributed by atoms with Crippen LogP contribution in [0.25, 0.3) is 22.3 Å². The Kier molecular flexibility index (Phi) is 2.56. The third-order valence-corrected chi connectivity index (χ3v) is 6.08. The lowest BCUT2D eigenvalue weighted by Crippen LogP contribution is -1.96. The molecule has 5 nitrogen and oxygen atoms in total. The van der Waals surface area contributed by atoms with Crippen LogP contribution in [0.15, 0.2) is 28.0 Å². The standard InChI is InChI=1S/C14H13N3O2S2/c1-7-10-6-20-14-9-5-8(21(2,18)19)3-4-11(9)15-13(14)12(10)17-16-7/h3-5,15H,6H2,1-2H3,(H,16,17). The van der Waals surface area contributed by atoms with Gasteiger partial charge in [0.05, 0.1) is 10.6 Å². The molecule has 3 aromatic rings. The van der Waals surface area contributed by atoms with Gasteiger partial charge in [0.1, 0.15) is 5.69 Å². The average Bonchev–Trinajstić information content (AvgIpc) is 2.98. The Morgan fingerprint density at radius 1 is 1.33 bits per heavy atom. The van der Waals surface area contributed by atoms with Crippen LogP contribution in [-0.2, 0) is 15.6 Å². The van der Waals surface area contributed by atoms with Crippen molar-refractivity contribution in [3.8, 4) is 11.4 Å². The minimum absolute atomic E-state index is 0.349. The molecular formula is C14H13N3O2S2. The van der Waals surface area contributed by atoms with Crippen molar-refractivity contribution in [2.75, 3.05) is 6.26 Å². The second kappa shape index (κ2) is 4.14. The Morgan fingerprint density at radius 2 is 2.14 bits per heavy atom. The molecule has 0 saturated heterocycles. The zero-order chi connectivity index (χ0) is 14.8. The van der Waals surface area contributed by atoms with E-state index in [1.165, 1.54) is 11.8 Å². The van der Waals surface area contributed by atoms with Gasteiger partial charge in [-0.15, -0.1) is 11.8 Å². The van der Waals surface area contributed by atoms with Crippen molar-refractivity contribution in [1.82, 2.24) is 15.2 Å². The van der Waals surface area contributed by atoms with Crippen LogP contribution in [0, 0.1) is 6.92 Å². The van der Waals surface area contributed by atoms with Gasteiger partial charge in [0, 0.05) is 39.1 Å². The van der Waals surface area contributed by atoms with Gasteiger partial charge in [-0.1, -0.05) is 0 Å². The average molecular weight is 319 g/mol. The van der Waals surface area contributed by atoms with Gasteiger partial charge < -0.3 is 4.98 Å². The molecule has 0 saturated carbocycles. The van der Waals surface area contributed by atoms with Crippen molar-refractivity contribution in [1.29, 1.82) is 0 Å². The Morgan fingerprint density at radius 3 is 2.90 bits per heavy atom. The molecule has 0 amide bonds. The smallest absolute Gasteiger partial charge is 0.175 e. The summed E-state index contributed by atoms with van der Waals surface area (Å²) in [6.45, 7) is 2.02. The molecule has 1 aliphatic heterocycles. The number of nitrogens with zero attached hydrogens (tertiary/aromatic N) is 1. The van der Waals surface area contributed by atoms with Crippen molar-refractivity contribution >= 4 is 32.5 Å². The highest BCUT2D eigenvalue weighted by atomic mass is 32.2. The first-order valence-corrected chi connectivity index (χ1v) is 9.35. The second-order valence-corrected chi connectivity index (χ2v) is 8.27. The zero-order valence-corrected chi connectivity index (χ0v) is 13.2. The lowest BCUT2D eigenvalue weighted by molar-refractivity contribution is 0.602. The normalized spacial score (nSPS) is 14.2. The van der Waals surface area contributed by atoms with E-state index in [9.17, 15) is 8.42 Å². The van der Waals surface area contributed by atoms with E-state index in [1.54, 1.807) is 23.9 Å². The molecule has 21 heavy (non-hydrogen) atoms. The molecular weight excluding hydrogens is 306 g/mol. The highest BCUT2D eigenvalue weighted by Crippen LogP contribution is 2.45. The summed E-state index contributed by atoms with van der Waals surface area (Å²) in [6.07, 6.45) is 1.23. The number of hydrogen-bond donors (Lipinski definition) is 2. The topological polar surface area (TPSA) is 78.6 Å². The fourth-order valence-electron chi connectivity index (χ4n) is 2.67. The van der Waals surface area contributed by atoms with Gasteiger partial charge in [-0.2, -0.15) is 5.10 Å². The van der Waals surface area contributed by atoms with Crippen molar-refractivity contribution in [3.63, 3.8) is 0 Å². The number of benzene rings is 1. The summed E-state index contributed by atoms with van der Waals surface area (Å²) in [7, 11) is -3.20. The molecule has 0 unspecified atom stereocenters. The van der Waals surface area contributed by atoms with E-state index in [0.717, 1.165) is 38.6 Å². The summed E-state index contributed by atoms with van der Waals surface area (Å²) in [5.41, 5.74) is 5.15. The SMILES string of the molecule is Cc1[nH]nc2c1CSc1c-2[nH]c2ccc(S(C)(=O)=O)cc12. The zero-order valence-electron chi connectivity index (χ0n) is 11.5. The number of fused-ring (bicyclic) bond motifs is 5. The molecule has 0 fully saturated rings. The predicted molar refractivity (Wildman–Crippen MR) is 83.3 cm³/mol. The fraction of sp³-hybridized carbons (Fsp3) is 0.214. The maximum atomic E-state index is 11.7. The Labute approximate surface area is 126 Å². The van der Waals surface area contributed by atoms with Crippen molar-refractivity contribution in [2.45, 2.75) is 22.5 Å². The van der Waals surface area contributed by atoms with Crippen LogP contribution in [0.2, 0.25) is 0 Å². The first-order chi connectivity index (χ1) is 9.95. The summed E-state index contributed by atoms with van der Waals surface area (Å²) >= 11 is 1.72. The third-order valence-electron chi connectivity index (χ3n) is 3.82. The molecule has 0 spiro atoms. The number of hydrogen-bond acceptors (Lipinski definition) is 4. The Bertz CT molecular complexity index is 983. The Hall–Kier alpha value is -1.73. The van der Waals surface area contributed by atoms with E-state index >= 15 is 0 Å². The first-order valence-electron chi connectivity index (χ1n) is 6.48. The molecule has 0 aliphatic carbocycles. The molecule has 2 aromatic heterocycles. The predicted octanol–water partition coefficient (Wildman–Crippen LogP) is 2.88. The van der Waals surface area contributed by atoms with Gasteiger partial charge >= 0.3 is 0 Å². The van der Waals surface area contributed by atoms with Gasteiger partial charge in [-0.05, 0) is 25.1 Å². The molecule has 7 heteroatoms. The van der Waals surface area contributed by atoms with E-state index in [1.807, 2.05) is 13.0 Å².